The Hall–Kier alpha value is -2.95. The summed E-state index contributed by atoms with van der Waals surface area (Å²) in [5.41, 5.74) is 4.29. The molecule has 1 aliphatic rings. The molecule has 5 nitrogen and oxygen atoms in total. The van der Waals surface area contributed by atoms with Gasteiger partial charge in [0, 0.05) is 40.4 Å². The van der Waals surface area contributed by atoms with Crippen molar-refractivity contribution in [3.63, 3.8) is 0 Å². The number of phenols is 1. The number of aryl methyl sites for hydroxylation is 1. The predicted molar refractivity (Wildman–Crippen MR) is 144 cm³/mol. The normalized spacial score (nSPS) is 17.9. The van der Waals surface area contributed by atoms with Gasteiger partial charge in [-0.05, 0) is 54.5 Å². The Bertz CT molecular complexity index is 1110. The second kappa shape index (κ2) is 9.96. The number of nitrogens with one attached hydrogen (secondary N) is 1. The standard InChI is InChI=1S/C30H41N3O2/c1-9-11-20-17-33(28(31)23(20)16-22-13-10-12-19(2)32-22)18-26(34)21-14-24(29(3,4)5)27(35)25(15-21)30(6,7)8/h10,12-16,20,31,35H,9,11,17-18H2,1-8H3/b23-16+,31-28?. The van der Waals surface area contributed by atoms with Gasteiger partial charge in [0.1, 0.15) is 11.6 Å². The van der Waals surface area contributed by atoms with Crippen LogP contribution in [-0.4, -0.2) is 39.7 Å². The number of hydrogen-bond acceptors (Lipinski definition) is 4. The van der Waals surface area contributed by atoms with Crippen molar-refractivity contribution < 1.29 is 9.90 Å². The molecule has 0 saturated carbocycles. The van der Waals surface area contributed by atoms with Gasteiger partial charge in [-0.25, -0.2) is 0 Å². The molecule has 1 fully saturated rings. The molecule has 0 aliphatic carbocycles. The Morgan fingerprint density at radius 3 is 2.26 bits per heavy atom. The number of aromatic nitrogens is 1. The van der Waals surface area contributed by atoms with Crippen LogP contribution in [0.15, 0.2) is 35.9 Å². The van der Waals surface area contributed by atoms with Crippen LogP contribution in [0.5, 0.6) is 5.75 Å². The monoisotopic (exact) mass is 475 g/mol. The van der Waals surface area contributed by atoms with Crippen LogP contribution in [0.1, 0.15) is 94.2 Å². The van der Waals surface area contributed by atoms with Crippen molar-refractivity contribution in [3.05, 3.63) is 64.0 Å². The molecule has 3 rings (SSSR count). The van der Waals surface area contributed by atoms with Crippen LogP contribution in [-0.2, 0) is 10.8 Å². The first-order valence-corrected chi connectivity index (χ1v) is 12.6. The van der Waals surface area contributed by atoms with Crippen LogP contribution < -0.4 is 0 Å². The SMILES string of the molecule is CCCC1CN(CC(=O)c2cc(C(C)(C)C)c(O)c(C(C)(C)C)c2)C(=N)/C1=C/c1cccc(C)n1. The molecule has 0 amide bonds. The molecule has 5 heteroatoms. The van der Waals surface area contributed by atoms with Gasteiger partial charge < -0.3 is 10.0 Å². The highest BCUT2D eigenvalue weighted by atomic mass is 16.3. The van der Waals surface area contributed by atoms with E-state index in [4.69, 9.17) is 5.41 Å². The topological polar surface area (TPSA) is 77.3 Å². The number of hydrogen-bond donors (Lipinski definition) is 2. The molecule has 1 aliphatic heterocycles. The summed E-state index contributed by atoms with van der Waals surface area (Å²) < 4.78 is 0. The second-order valence-electron chi connectivity index (χ2n) is 11.9. The minimum atomic E-state index is -0.302. The number of nitrogens with zero attached hydrogens (tertiary/aromatic N) is 2. The zero-order valence-electron chi connectivity index (χ0n) is 22.6. The summed E-state index contributed by atoms with van der Waals surface area (Å²) in [6.07, 6.45) is 3.99. The van der Waals surface area contributed by atoms with Crippen molar-refractivity contribution in [2.75, 3.05) is 13.1 Å². The molecule has 1 aromatic heterocycles. The first-order chi connectivity index (χ1) is 16.2. The number of amidine groups is 1. The molecule has 0 spiro atoms. The Morgan fingerprint density at radius 2 is 1.74 bits per heavy atom. The van der Waals surface area contributed by atoms with E-state index in [-0.39, 0.29) is 34.8 Å². The first kappa shape index (κ1) is 26.7. The van der Waals surface area contributed by atoms with Gasteiger partial charge in [0.2, 0.25) is 0 Å². The molecule has 188 valence electrons. The van der Waals surface area contributed by atoms with Gasteiger partial charge in [0.15, 0.2) is 5.78 Å². The van der Waals surface area contributed by atoms with Crippen molar-refractivity contribution in [1.82, 2.24) is 9.88 Å². The minimum Gasteiger partial charge on any atom is -0.507 e. The van der Waals surface area contributed by atoms with Crippen LogP contribution in [0.4, 0.5) is 0 Å². The third kappa shape index (κ3) is 6.01. The summed E-state index contributed by atoms with van der Waals surface area (Å²) in [5, 5.41) is 19.9. The van der Waals surface area contributed by atoms with Crippen LogP contribution in [0.3, 0.4) is 0 Å². The Balaban J connectivity index is 1.94. The lowest BCUT2D eigenvalue weighted by molar-refractivity contribution is 0.0963. The lowest BCUT2D eigenvalue weighted by Crippen LogP contribution is -2.31. The second-order valence-corrected chi connectivity index (χ2v) is 11.9. The van der Waals surface area contributed by atoms with Crippen molar-refractivity contribution in [3.8, 4) is 5.75 Å². The molecule has 35 heavy (non-hydrogen) atoms. The van der Waals surface area contributed by atoms with E-state index in [2.05, 4.69) is 11.9 Å². The Morgan fingerprint density at radius 1 is 1.14 bits per heavy atom. The molecular formula is C30H41N3O2. The average Bonchev–Trinajstić information content (AvgIpc) is 3.01. The molecule has 1 unspecified atom stereocenters. The maximum absolute atomic E-state index is 13.5. The maximum Gasteiger partial charge on any atom is 0.182 e. The van der Waals surface area contributed by atoms with Crippen molar-refractivity contribution in [2.45, 2.75) is 79.1 Å². The first-order valence-electron chi connectivity index (χ1n) is 12.6. The fourth-order valence-corrected chi connectivity index (χ4v) is 4.76. The number of carbonyl (C=O) groups is 1. The predicted octanol–water partition coefficient (Wildman–Crippen LogP) is 6.67. The van der Waals surface area contributed by atoms with E-state index >= 15 is 0 Å². The van der Waals surface area contributed by atoms with Crippen molar-refractivity contribution in [2.24, 2.45) is 5.92 Å². The van der Waals surface area contributed by atoms with Crippen molar-refractivity contribution >= 4 is 17.7 Å². The summed E-state index contributed by atoms with van der Waals surface area (Å²) in [4.78, 5) is 20.0. The third-order valence-electron chi connectivity index (χ3n) is 6.70. The van der Waals surface area contributed by atoms with Gasteiger partial charge in [-0.2, -0.15) is 0 Å². The van der Waals surface area contributed by atoms with Gasteiger partial charge in [0.25, 0.3) is 0 Å². The zero-order chi connectivity index (χ0) is 26.1. The highest BCUT2D eigenvalue weighted by Crippen LogP contribution is 2.40. The molecule has 0 bridgehead atoms. The number of pyridine rings is 1. The van der Waals surface area contributed by atoms with E-state index in [0.717, 1.165) is 40.9 Å². The van der Waals surface area contributed by atoms with E-state index < -0.39 is 0 Å². The molecule has 2 heterocycles. The van der Waals surface area contributed by atoms with Crippen LogP contribution >= 0.6 is 0 Å². The molecule has 1 atom stereocenters. The van der Waals surface area contributed by atoms with Gasteiger partial charge >= 0.3 is 0 Å². The Labute approximate surface area is 210 Å². The summed E-state index contributed by atoms with van der Waals surface area (Å²) in [6, 6.07) is 9.58. The molecule has 2 aromatic rings. The lowest BCUT2D eigenvalue weighted by Gasteiger charge is -2.28. The summed E-state index contributed by atoms with van der Waals surface area (Å²) >= 11 is 0. The van der Waals surface area contributed by atoms with Crippen LogP contribution in [0.25, 0.3) is 6.08 Å². The zero-order valence-corrected chi connectivity index (χ0v) is 22.6. The van der Waals surface area contributed by atoms with E-state index in [1.807, 2.05) is 89.8 Å². The summed E-state index contributed by atoms with van der Waals surface area (Å²) in [7, 11) is 0. The highest BCUT2D eigenvalue weighted by Gasteiger charge is 2.34. The maximum atomic E-state index is 13.5. The fraction of sp³-hybridized carbons (Fsp3) is 0.500. The van der Waals surface area contributed by atoms with E-state index in [0.29, 0.717) is 17.9 Å². The van der Waals surface area contributed by atoms with E-state index in [1.165, 1.54) is 0 Å². The number of aromatic hydroxyl groups is 1. The smallest absolute Gasteiger partial charge is 0.182 e. The van der Waals surface area contributed by atoms with Crippen molar-refractivity contribution in [1.29, 1.82) is 5.41 Å². The number of carbonyl (C=O) groups excluding carboxylic acids is 1. The number of ketones is 1. The Kier molecular flexibility index (Phi) is 7.59. The van der Waals surface area contributed by atoms with E-state index in [9.17, 15) is 9.90 Å². The largest absolute Gasteiger partial charge is 0.507 e. The number of rotatable bonds is 6. The van der Waals surface area contributed by atoms with Gasteiger partial charge in [-0.15, -0.1) is 0 Å². The third-order valence-corrected chi connectivity index (χ3v) is 6.70. The number of likely N-dealkylation sites (tertiary alicyclic amines) is 1. The molecule has 1 saturated heterocycles. The summed E-state index contributed by atoms with van der Waals surface area (Å²) in [5.74, 6) is 0.856. The average molecular weight is 476 g/mol. The fourth-order valence-electron chi connectivity index (χ4n) is 4.76. The van der Waals surface area contributed by atoms with Gasteiger partial charge in [-0.1, -0.05) is 61.0 Å². The molecular weight excluding hydrogens is 434 g/mol. The molecule has 2 N–H and O–H groups in total. The summed E-state index contributed by atoms with van der Waals surface area (Å²) in [6.45, 7) is 17.2. The lowest BCUT2D eigenvalue weighted by atomic mass is 9.78. The number of benzene rings is 1. The quantitative estimate of drug-likeness (QED) is 0.458. The number of phenolic OH excluding ortho intramolecular Hbond substituents is 1. The van der Waals surface area contributed by atoms with Gasteiger partial charge in [0.05, 0.1) is 12.2 Å². The van der Waals surface area contributed by atoms with Gasteiger partial charge in [-0.3, -0.25) is 15.2 Å². The minimum absolute atomic E-state index is 0.0315. The number of Topliss-reactive ketones (excluding diaryl/α,β-unsaturated/α-hetero) is 1. The van der Waals surface area contributed by atoms with Crippen LogP contribution in [0, 0.1) is 18.3 Å². The molecule has 0 radical (unpaired) electrons. The highest BCUT2D eigenvalue weighted by molar-refractivity contribution is 6.06. The van der Waals surface area contributed by atoms with Crippen LogP contribution in [0.2, 0.25) is 0 Å². The molecule has 1 aromatic carbocycles. The van der Waals surface area contributed by atoms with E-state index in [1.54, 1.807) is 0 Å².